The second-order valence-electron chi connectivity index (χ2n) is 4.86. The van der Waals surface area contributed by atoms with Crippen LogP contribution in [0.4, 0.5) is 0 Å². The molecule has 0 nitrogen and oxygen atoms in total. The first-order valence-electron chi connectivity index (χ1n) is 7.06. The summed E-state index contributed by atoms with van der Waals surface area (Å²) in [6.07, 6.45) is 1.19. The Kier molecular flexibility index (Phi) is 5.21. The fourth-order valence-electron chi connectivity index (χ4n) is 2.24. The number of thiophene rings is 1. The lowest BCUT2D eigenvalue weighted by Crippen LogP contribution is -2.30. The molecule has 102 valence electrons. The monoisotopic (exact) mass is 320 g/mol. The molecule has 0 aliphatic carbocycles. The van der Waals surface area contributed by atoms with E-state index in [0.29, 0.717) is 5.16 Å². The van der Waals surface area contributed by atoms with Crippen LogP contribution in [0, 0.1) is 0 Å². The van der Waals surface area contributed by atoms with Gasteiger partial charge in [-0.25, -0.2) is 0 Å². The van der Waals surface area contributed by atoms with E-state index in [2.05, 4.69) is 78.2 Å². The summed E-state index contributed by atoms with van der Waals surface area (Å²) in [7, 11) is 1.76. The fraction of sp³-hybridized carbons (Fsp3) is 0.111. The maximum absolute atomic E-state index is 2.27. The summed E-state index contributed by atoms with van der Waals surface area (Å²) in [6, 6.07) is 26.3. The number of hydrogen-bond donors (Lipinski definition) is 0. The Bertz CT molecular complexity index is 594. The molecule has 0 atom stereocenters. The lowest BCUT2D eigenvalue weighted by molar-refractivity contribution is 1.09. The zero-order valence-electron chi connectivity index (χ0n) is 11.7. The van der Waals surface area contributed by atoms with E-state index in [4.69, 9.17) is 0 Å². The van der Waals surface area contributed by atoms with Gasteiger partial charge in [0.05, 0.1) is 19.0 Å². The van der Waals surface area contributed by atoms with E-state index in [1.165, 1.54) is 21.7 Å². The summed E-state index contributed by atoms with van der Waals surface area (Å²) in [5, 5.41) is 5.85. The zero-order chi connectivity index (χ0) is 14.3. The molecule has 0 unspecified atom stereocenters. The lowest BCUT2D eigenvalue weighted by Gasteiger charge is -2.14. The highest BCUT2D eigenvalue weighted by Crippen LogP contribution is 2.17. The summed E-state index contributed by atoms with van der Waals surface area (Å²) >= 11 is 1.88. The van der Waals surface area contributed by atoms with Crippen LogP contribution < -0.4 is 10.4 Å². The van der Waals surface area contributed by atoms with Gasteiger partial charge in [0.2, 0.25) is 0 Å². The summed E-state index contributed by atoms with van der Waals surface area (Å²) < 4.78 is 0. The molecule has 4 radical (unpaired) electrons. The average molecular weight is 321 g/mol. The third-order valence-electron chi connectivity index (χ3n) is 3.21. The van der Waals surface area contributed by atoms with Gasteiger partial charge in [-0.15, -0.1) is 11.3 Å². The highest BCUT2D eigenvalue weighted by atomic mass is 32.1. The molecule has 0 spiro atoms. The molecule has 3 heteroatoms. The van der Waals surface area contributed by atoms with Gasteiger partial charge < -0.3 is 0 Å². The van der Waals surface area contributed by atoms with E-state index in [0.717, 1.165) is 19.0 Å². The summed E-state index contributed by atoms with van der Waals surface area (Å²) in [4.78, 5) is 1.51. The van der Waals surface area contributed by atoms with E-state index in [1.807, 2.05) is 11.3 Å². The van der Waals surface area contributed by atoms with Crippen molar-refractivity contribution < 1.29 is 0 Å². The average Bonchev–Trinajstić information content (AvgIpc) is 3.02. The van der Waals surface area contributed by atoms with Crippen LogP contribution in [0.1, 0.15) is 4.88 Å². The minimum atomic E-state index is 0.716. The zero-order valence-corrected chi connectivity index (χ0v) is 14.5. The highest BCUT2D eigenvalue weighted by molar-refractivity contribution is 7.10. The first kappa shape index (κ1) is 14.5. The number of hydrogen-bond acceptors (Lipinski definition) is 1. The summed E-state index contributed by atoms with van der Waals surface area (Å²) in [5.74, 6) is 0. The molecular formula is C18H16SSi2. The quantitative estimate of drug-likeness (QED) is 0.612. The molecule has 0 N–H and O–H groups in total. The third kappa shape index (κ3) is 4.53. The van der Waals surface area contributed by atoms with Crippen molar-refractivity contribution in [2.24, 2.45) is 0 Å². The number of benzene rings is 2. The van der Waals surface area contributed by atoms with Crippen molar-refractivity contribution in [3.05, 3.63) is 83.1 Å². The molecular weight excluding hydrogens is 304 g/mol. The molecule has 0 saturated heterocycles. The van der Waals surface area contributed by atoms with Gasteiger partial charge in [-0.1, -0.05) is 77.1 Å². The van der Waals surface area contributed by atoms with Gasteiger partial charge in [-0.05, 0) is 23.0 Å². The van der Waals surface area contributed by atoms with E-state index < -0.39 is 0 Å². The maximum atomic E-state index is 2.27. The Balaban J connectivity index is 1.74. The van der Waals surface area contributed by atoms with Crippen LogP contribution in [-0.2, 0) is 6.42 Å². The topological polar surface area (TPSA) is 0 Å². The van der Waals surface area contributed by atoms with Gasteiger partial charge in [-0.3, -0.25) is 0 Å². The normalized spacial score (nSPS) is 10.9. The molecule has 1 heterocycles. The van der Waals surface area contributed by atoms with Crippen LogP contribution >= 0.6 is 11.3 Å². The maximum Gasteiger partial charge on any atom is 0.0815 e. The Labute approximate surface area is 135 Å². The van der Waals surface area contributed by atoms with E-state index in [1.54, 1.807) is 0 Å². The van der Waals surface area contributed by atoms with Crippen LogP contribution in [0.5, 0.6) is 0 Å². The second kappa shape index (κ2) is 7.54. The van der Waals surface area contributed by atoms with Crippen molar-refractivity contribution in [1.29, 1.82) is 0 Å². The minimum absolute atomic E-state index is 0.716. The largest absolute Gasteiger partial charge is 0.149 e. The summed E-state index contributed by atoms with van der Waals surface area (Å²) in [6.45, 7) is 0. The fourth-order valence-corrected chi connectivity index (χ4v) is 6.79. The van der Waals surface area contributed by atoms with Crippen molar-refractivity contribution in [3.8, 4) is 0 Å². The van der Waals surface area contributed by atoms with Crippen molar-refractivity contribution in [2.75, 3.05) is 0 Å². The van der Waals surface area contributed by atoms with Gasteiger partial charge in [0.25, 0.3) is 0 Å². The second-order valence-corrected chi connectivity index (χ2v) is 9.59. The summed E-state index contributed by atoms with van der Waals surface area (Å²) in [5.41, 5.74) is 0. The molecule has 3 aromatic rings. The molecule has 0 fully saturated rings. The first-order chi connectivity index (χ1) is 10.4. The van der Waals surface area contributed by atoms with Crippen LogP contribution in [0.25, 0.3) is 0 Å². The molecule has 2 aromatic carbocycles. The van der Waals surface area contributed by atoms with Crippen molar-refractivity contribution in [2.45, 2.75) is 11.6 Å². The van der Waals surface area contributed by atoms with Crippen molar-refractivity contribution in [1.82, 2.24) is 0 Å². The van der Waals surface area contributed by atoms with Gasteiger partial charge in [0.15, 0.2) is 0 Å². The Hall–Kier alpha value is -1.43. The SMILES string of the molecule is c1ccc([Si]C(Cc2cccs2)[Si]c2ccccc2)cc1. The predicted octanol–water partition coefficient (Wildman–Crippen LogP) is 3.10. The van der Waals surface area contributed by atoms with Gasteiger partial charge in [0.1, 0.15) is 0 Å². The predicted molar refractivity (Wildman–Crippen MR) is 95.4 cm³/mol. The Morgan fingerprint density at radius 1 is 0.714 bits per heavy atom. The van der Waals surface area contributed by atoms with Crippen LogP contribution in [-0.4, -0.2) is 19.0 Å². The van der Waals surface area contributed by atoms with E-state index >= 15 is 0 Å². The van der Waals surface area contributed by atoms with Gasteiger partial charge in [0, 0.05) is 4.88 Å². The highest BCUT2D eigenvalue weighted by Gasteiger charge is 2.14. The third-order valence-corrected chi connectivity index (χ3v) is 7.42. The van der Waals surface area contributed by atoms with E-state index in [9.17, 15) is 0 Å². The molecule has 21 heavy (non-hydrogen) atoms. The molecule has 1 aromatic heterocycles. The van der Waals surface area contributed by atoms with Crippen LogP contribution in [0.3, 0.4) is 0 Å². The van der Waals surface area contributed by atoms with Crippen LogP contribution in [0.2, 0.25) is 5.16 Å². The molecule has 0 bridgehead atoms. The molecule has 3 rings (SSSR count). The van der Waals surface area contributed by atoms with Crippen LogP contribution in [0.15, 0.2) is 78.2 Å². The number of rotatable bonds is 6. The molecule has 0 amide bonds. The standard InChI is InChI=1S/C18H16SSi2/c1-3-9-16(10-4-1)20-18(14-15-8-7-13-19-15)21-17-11-5-2-6-12-17/h1-13,18H,14H2. The molecule has 0 saturated carbocycles. The van der Waals surface area contributed by atoms with E-state index in [-0.39, 0.29) is 0 Å². The van der Waals surface area contributed by atoms with Crippen molar-refractivity contribution >= 4 is 40.7 Å². The minimum Gasteiger partial charge on any atom is -0.149 e. The molecule has 0 aliphatic rings. The first-order valence-corrected chi connectivity index (χ1v) is 10.1. The van der Waals surface area contributed by atoms with Crippen molar-refractivity contribution in [3.63, 3.8) is 0 Å². The lowest BCUT2D eigenvalue weighted by atomic mass is 10.4. The smallest absolute Gasteiger partial charge is 0.0815 e. The Morgan fingerprint density at radius 3 is 1.76 bits per heavy atom. The van der Waals surface area contributed by atoms with Gasteiger partial charge >= 0.3 is 0 Å². The molecule has 0 aliphatic heterocycles. The van der Waals surface area contributed by atoms with Gasteiger partial charge in [-0.2, -0.15) is 0 Å². The Morgan fingerprint density at radius 2 is 1.29 bits per heavy atom.